The minimum Gasteiger partial charge on any atom is -0.354 e. The number of carbonyl (C=O) groups is 1. The maximum Gasteiger partial charge on any atom is 0.163 e. The van der Waals surface area contributed by atoms with E-state index in [0.29, 0.717) is 41.6 Å². The van der Waals surface area contributed by atoms with Gasteiger partial charge in [0.2, 0.25) is 0 Å². The Morgan fingerprint density at radius 2 is 2.13 bits per heavy atom. The fraction of sp³-hybridized carbons (Fsp3) is 0.385. The van der Waals surface area contributed by atoms with Crippen LogP contribution in [0.4, 0.5) is 5.82 Å². The van der Waals surface area contributed by atoms with E-state index in [1.54, 1.807) is 10.5 Å². The predicted octanol–water partition coefficient (Wildman–Crippen LogP) is 2.92. The molecule has 3 rings (SSSR count). The zero-order chi connectivity index (χ0) is 16.8. The van der Waals surface area contributed by atoms with Crippen molar-refractivity contribution in [1.29, 1.82) is 0 Å². The number of ketones is 1. The Balaban J connectivity index is 2.17. The van der Waals surface area contributed by atoms with Crippen LogP contribution in [0.2, 0.25) is 10.2 Å². The second-order valence-electron chi connectivity index (χ2n) is 5.29. The molecule has 23 heavy (non-hydrogen) atoms. The van der Waals surface area contributed by atoms with Gasteiger partial charge in [-0.1, -0.05) is 23.2 Å². The van der Waals surface area contributed by atoms with Crippen molar-refractivity contribution in [3.63, 3.8) is 0 Å². The third-order valence-electron chi connectivity index (χ3n) is 3.73. The molecule has 10 heteroatoms. The van der Waals surface area contributed by atoms with Gasteiger partial charge in [0.1, 0.15) is 17.7 Å². The van der Waals surface area contributed by atoms with Gasteiger partial charge in [-0.25, -0.2) is 9.71 Å². The Hall–Kier alpha value is -1.03. The molecule has 1 fully saturated rings. The van der Waals surface area contributed by atoms with E-state index >= 15 is 0 Å². The molecule has 1 aliphatic rings. The van der Waals surface area contributed by atoms with E-state index in [0.717, 1.165) is 0 Å². The number of hydrogen-bond acceptors (Lipinski definition) is 6. The molecule has 0 radical (unpaired) electrons. The van der Waals surface area contributed by atoms with Gasteiger partial charge in [-0.15, -0.1) is 10.8 Å². The molecule has 0 aromatic carbocycles. The maximum absolute atomic E-state index is 12.1. The Morgan fingerprint density at radius 3 is 2.83 bits per heavy atom. The lowest BCUT2D eigenvalue weighted by molar-refractivity contribution is 0.101. The number of nitrogens with one attached hydrogen (secondary N) is 1. The van der Waals surface area contributed by atoms with E-state index in [1.165, 1.54) is 13.3 Å². The summed E-state index contributed by atoms with van der Waals surface area (Å²) in [5.74, 6) is 0.629. The first-order chi connectivity index (χ1) is 10.8. The minimum absolute atomic E-state index is 0.141. The molecule has 7 nitrogen and oxygen atoms in total. The van der Waals surface area contributed by atoms with E-state index in [1.807, 2.05) is 4.90 Å². The first-order valence-corrected chi connectivity index (χ1v) is 9.39. The van der Waals surface area contributed by atoms with Crippen LogP contribution in [0.1, 0.15) is 17.3 Å². The van der Waals surface area contributed by atoms with E-state index < -0.39 is 10.8 Å². The van der Waals surface area contributed by atoms with Gasteiger partial charge in [-0.2, -0.15) is 0 Å². The summed E-state index contributed by atoms with van der Waals surface area (Å²) in [5, 5.41) is 0.599. The number of anilines is 1. The zero-order valence-corrected chi connectivity index (χ0v) is 14.6. The second-order valence-corrected chi connectivity index (χ2v) is 8.09. The number of halogens is 2. The number of carbonyl (C=O) groups excluding carboxylic acids is 1. The third kappa shape index (κ3) is 3.15. The van der Waals surface area contributed by atoms with Gasteiger partial charge in [-0.05, 0) is 13.0 Å². The fourth-order valence-corrected chi connectivity index (χ4v) is 4.26. The summed E-state index contributed by atoms with van der Waals surface area (Å²) in [7, 11) is -2.80. The van der Waals surface area contributed by atoms with Crippen molar-refractivity contribution in [3.05, 3.63) is 28.1 Å². The summed E-state index contributed by atoms with van der Waals surface area (Å²) in [6, 6.07) is 1.58. The van der Waals surface area contributed by atoms with Crippen LogP contribution in [-0.4, -0.2) is 49.7 Å². The highest BCUT2D eigenvalue weighted by Crippen LogP contribution is 2.37. The van der Waals surface area contributed by atoms with Crippen molar-refractivity contribution in [2.24, 2.45) is 0 Å². The summed E-state index contributed by atoms with van der Waals surface area (Å²) in [4.78, 5) is 18.0. The molecule has 0 bridgehead atoms. The highest BCUT2D eigenvalue weighted by atomic mass is 35.5. The molecule has 0 unspecified atom stereocenters. The van der Waals surface area contributed by atoms with Crippen LogP contribution < -0.4 is 9.62 Å². The van der Waals surface area contributed by atoms with Crippen LogP contribution in [0.5, 0.6) is 0 Å². The average molecular weight is 379 g/mol. The smallest absolute Gasteiger partial charge is 0.163 e. The summed E-state index contributed by atoms with van der Waals surface area (Å²) in [5.41, 5.74) is 0.965. The number of nitrogens with zero attached hydrogens (tertiary/aromatic N) is 3. The first-order valence-electron chi connectivity index (χ1n) is 6.91. The fourth-order valence-electron chi connectivity index (χ4n) is 2.65. The van der Waals surface area contributed by atoms with E-state index in [4.69, 9.17) is 23.2 Å². The average Bonchev–Trinajstić information content (AvgIpc) is 2.76. The van der Waals surface area contributed by atoms with Crippen LogP contribution in [0.3, 0.4) is 0 Å². The summed E-state index contributed by atoms with van der Waals surface area (Å²) < 4.78 is 24.1. The standard InChI is InChI=1S/C13H16Cl2N4O3S/c1-8(20)9-6-10(14)11-12(15)16-7-19(11)13(9)18-3-2-17-23(21,22)5-4-18/h6-7,17,21-22H,2-5H2,1H3. The highest BCUT2D eigenvalue weighted by molar-refractivity contribution is 8.22. The normalized spacial score (nSPS) is 19.6. The van der Waals surface area contributed by atoms with Gasteiger partial charge < -0.3 is 4.90 Å². The van der Waals surface area contributed by atoms with Crippen molar-refractivity contribution in [2.75, 3.05) is 30.3 Å². The third-order valence-corrected chi connectivity index (χ3v) is 5.71. The molecule has 0 saturated carbocycles. The number of fused-ring (bicyclic) bond motifs is 1. The number of rotatable bonds is 2. The van der Waals surface area contributed by atoms with E-state index in [9.17, 15) is 13.9 Å². The lowest BCUT2D eigenvalue weighted by atomic mass is 10.1. The van der Waals surface area contributed by atoms with Crippen LogP contribution in [-0.2, 0) is 0 Å². The number of Topliss-reactive ketones (excluding diaryl/α,β-unsaturated/α-hetero) is 1. The van der Waals surface area contributed by atoms with Crippen molar-refractivity contribution in [1.82, 2.24) is 14.1 Å². The largest absolute Gasteiger partial charge is 0.354 e. The number of pyridine rings is 1. The van der Waals surface area contributed by atoms with Gasteiger partial charge >= 0.3 is 0 Å². The predicted molar refractivity (Wildman–Crippen MR) is 93.1 cm³/mol. The quantitative estimate of drug-likeness (QED) is 0.696. The number of aromatic nitrogens is 2. The topological polar surface area (TPSA) is 90.1 Å². The monoisotopic (exact) mass is 378 g/mol. The molecule has 0 spiro atoms. The Kier molecular flexibility index (Phi) is 4.47. The zero-order valence-electron chi connectivity index (χ0n) is 12.3. The Bertz CT molecular complexity index is 780. The van der Waals surface area contributed by atoms with Crippen molar-refractivity contribution >= 4 is 51.1 Å². The van der Waals surface area contributed by atoms with Gasteiger partial charge in [0, 0.05) is 19.6 Å². The van der Waals surface area contributed by atoms with Gasteiger partial charge in [0.25, 0.3) is 0 Å². The summed E-state index contributed by atoms with van der Waals surface area (Å²) in [6.07, 6.45) is 1.52. The number of hydrogen-bond donors (Lipinski definition) is 3. The molecule has 2 aromatic heterocycles. The van der Waals surface area contributed by atoms with Gasteiger partial charge in [-0.3, -0.25) is 18.3 Å². The lowest BCUT2D eigenvalue weighted by Crippen LogP contribution is -2.31. The lowest BCUT2D eigenvalue weighted by Gasteiger charge is -2.31. The summed E-state index contributed by atoms with van der Waals surface area (Å²) in [6.45, 7) is 2.72. The Labute approximate surface area is 144 Å². The minimum atomic E-state index is -2.80. The SMILES string of the molecule is CC(=O)c1cc(Cl)c2c(Cl)ncn2c1N1CCNS(O)(O)CC1. The Morgan fingerprint density at radius 1 is 1.39 bits per heavy atom. The van der Waals surface area contributed by atoms with Gasteiger partial charge in [0.05, 0.1) is 16.3 Å². The molecule has 0 aliphatic carbocycles. The molecule has 1 aliphatic heterocycles. The van der Waals surface area contributed by atoms with Crippen molar-refractivity contribution in [2.45, 2.75) is 6.92 Å². The molecule has 1 saturated heterocycles. The van der Waals surface area contributed by atoms with Crippen LogP contribution in [0.25, 0.3) is 5.52 Å². The summed E-state index contributed by atoms with van der Waals surface area (Å²) >= 11 is 12.3. The highest BCUT2D eigenvalue weighted by Gasteiger charge is 2.25. The molecule has 0 atom stereocenters. The van der Waals surface area contributed by atoms with Crippen LogP contribution in [0, 0.1) is 0 Å². The van der Waals surface area contributed by atoms with Gasteiger partial charge in [0.15, 0.2) is 10.9 Å². The van der Waals surface area contributed by atoms with Crippen LogP contribution in [0.15, 0.2) is 12.4 Å². The van der Waals surface area contributed by atoms with Crippen molar-refractivity contribution in [3.8, 4) is 0 Å². The molecule has 126 valence electrons. The maximum atomic E-state index is 12.1. The number of imidazole rings is 1. The molecular weight excluding hydrogens is 363 g/mol. The molecule has 0 amide bonds. The molecule has 2 aromatic rings. The molecule has 3 heterocycles. The van der Waals surface area contributed by atoms with Crippen molar-refractivity contribution < 1.29 is 13.9 Å². The van der Waals surface area contributed by atoms with Crippen LogP contribution >= 0.6 is 34.0 Å². The second kappa shape index (κ2) is 6.12. The molecule has 3 N–H and O–H groups in total. The molecular formula is C13H16Cl2N4O3S. The first kappa shape index (κ1) is 16.8. The van der Waals surface area contributed by atoms with E-state index in [-0.39, 0.29) is 16.7 Å². The van der Waals surface area contributed by atoms with E-state index in [2.05, 4.69) is 9.71 Å².